The standard InChI is InChI=1S/C17H20N2O6/c1-17(2,3)24-16(23)18-10-11-4-6-12(7-5-11)15(22)25-19-13(20)8-9-14(19)21/h4-9,20-21H,10H2,1-3H3,(H,18,23). The Hall–Kier alpha value is -3.16. The first-order chi connectivity index (χ1) is 11.7. The van der Waals surface area contributed by atoms with Gasteiger partial charge in [-0.2, -0.15) is 0 Å². The van der Waals surface area contributed by atoms with Crippen LogP contribution in [-0.4, -0.2) is 32.6 Å². The number of hydrogen-bond acceptors (Lipinski definition) is 6. The van der Waals surface area contributed by atoms with E-state index in [0.29, 0.717) is 4.73 Å². The van der Waals surface area contributed by atoms with E-state index in [0.717, 1.165) is 5.56 Å². The lowest BCUT2D eigenvalue weighted by atomic mass is 10.1. The van der Waals surface area contributed by atoms with E-state index in [1.54, 1.807) is 32.9 Å². The summed E-state index contributed by atoms with van der Waals surface area (Å²) in [4.78, 5) is 28.5. The number of benzene rings is 1. The number of carbonyl (C=O) groups is 2. The van der Waals surface area contributed by atoms with Gasteiger partial charge in [-0.15, -0.1) is 4.73 Å². The average Bonchev–Trinajstić information content (AvgIpc) is 2.83. The number of nitrogens with zero attached hydrogens (tertiary/aromatic N) is 1. The molecule has 134 valence electrons. The van der Waals surface area contributed by atoms with E-state index in [1.807, 2.05) is 0 Å². The summed E-state index contributed by atoms with van der Waals surface area (Å²) in [6, 6.07) is 8.67. The van der Waals surface area contributed by atoms with Crippen molar-refractivity contribution in [2.45, 2.75) is 32.9 Å². The third-order valence-electron chi connectivity index (χ3n) is 3.00. The monoisotopic (exact) mass is 348 g/mol. The zero-order valence-electron chi connectivity index (χ0n) is 14.1. The molecule has 2 aromatic rings. The maximum absolute atomic E-state index is 12.0. The summed E-state index contributed by atoms with van der Waals surface area (Å²) >= 11 is 0. The second-order valence-electron chi connectivity index (χ2n) is 6.28. The van der Waals surface area contributed by atoms with Crippen LogP contribution in [0.2, 0.25) is 0 Å². The van der Waals surface area contributed by atoms with Gasteiger partial charge in [0.1, 0.15) is 5.60 Å². The van der Waals surface area contributed by atoms with Crippen molar-refractivity contribution in [1.82, 2.24) is 10.0 Å². The van der Waals surface area contributed by atoms with Crippen LogP contribution >= 0.6 is 0 Å². The molecule has 8 heteroatoms. The fourth-order valence-corrected chi connectivity index (χ4v) is 1.88. The number of amides is 1. The molecule has 3 N–H and O–H groups in total. The lowest BCUT2D eigenvalue weighted by Gasteiger charge is -2.19. The number of aromatic hydroxyl groups is 2. The molecular weight excluding hydrogens is 328 g/mol. The van der Waals surface area contributed by atoms with Crippen LogP contribution in [-0.2, 0) is 11.3 Å². The van der Waals surface area contributed by atoms with E-state index in [2.05, 4.69) is 5.32 Å². The van der Waals surface area contributed by atoms with Crippen molar-refractivity contribution < 1.29 is 29.4 Å². The largest absolute Gasteiger partial charge is 0.492 e. The fraction of sp³-hybridized carbons (Fsp3) is 0.294. The first kappa shape index (κ1) is 18.2. The van der Waals surface area contributed by atoms with E-state index in [9.17, 15) is 19.8 Å². The third kappa shape index (κ3) is 5.17. The fourth-order valence-electron chi connectivity index (χ4n) is 1.88. The van der Waals surface area contributed by atoms with Gasteiger partial charge in [0.2, 0.25) is 11.8 Å². The zero-order chi connectivity index (χ0) is 18.6. The Labute approximate surface area is 144 Å². The number of aromatic nitrogens is 1. The number of nitrogens with one attached hydrogen (secondary N) is 1. The van der Waals surface area contributed by atoms with Gasteiger partial charge in [0.15, 0.2) is 0 Å². The van der Waals surface area contributed by atoms with Crippen LogP contribution in [0.25, 0.3) is 0 Å². The highest BCUT2D eigenvalue weighted by Gasteiger charge is 2.16. The van der Waals surface area contributed by atoms with Crippen molar-refractivity contribution >= 4 is 12.1 Å². The van der Waals surface area contributed by atoms with E-state index in [4.69, 9.17) is 9.57 Å². The molecule has 0 aliphatic carbocycles. The zero-order valence-corrected chi connectivity index (χ0v) is 14.1. The third-order valence-corrected chi connectivity index (χ3v) is 3.00. The number of rotatable bonds is 4. The lowest BCUT2D eigenvalue weighted by Crippen LogP contribution is -2.32. The summed E-state index contributed by atoms with van der Waals surface area (Å²) in [7, 11) is 0. The van der Waals surface area contributed by atoms with Crippen LogP contribution in [0.3, 0.4) is 0 Å². The molecule has 0 bridgehead atoms. The van der Waals surface area contributed by atoms with Crippen LogP contribution in [0.4, 0.5) is 4.79 Å². The Morgan fingerprint density at radius 3 is 2.12 bits per heavy atom. The molecule has 0 radical (unpaired) electrons. The van der Waals surface area contributed by atoms with Gasteiger partial charge in [-0.25, -0.2) is 9.59 Å². The predicted molar refractivity (Wildman–Crippen MR) is 88.2 cm³/mol. The second-order valence-corrected chi connectivity index (χ2v) is 6.28. The Balaban J connectivity index is 1.93. The van der Waals surface area contributed by atoms with Gasteiger partial charge in [-0.1, -0.05) is 12.1 Å². The highest BCUT2D eigenvalue weighted by Crippen LogP contribution is 2.19. The van der Waals surface area contributed by atoms with Crippen LogP contribution in [0.1, 0.15) is 36.7 Å². The molecule has 0 spiro atoms. The van der Waals surface area contributed by atoms with Crippen molar-refractivity contribution in [3.8, 4) is 11.8 Å². The van der Waals surface area contributed by atoms with E-state index < -0.39 is 29.4 Å². The molecule has 8 nitrogen and oxygen atoms in total. The number of carbonyl (C=O) groups excluding carboxylic acids is 2. The Morgan fingerprint density at radius 2 is 1.60 bits per heavy atom. The summed E-state index contributed by atoms with van der Waals surface area (Å²) in [6.07, 6.45) is -0.533. The minimum Gasteiger partial charge on any atom is -0.492 e. The number of hydrogen-bond donors (Lipinski definition) is 3. The number of ether oxygens (including phenoxy) is 1. The molecule has 0 fully saturated rings. The Bertz CT molecular complexity index is 739. The Morgan fingerprint density at radius 1 is 1.04 bits per heavy atom. The first-order valence-corrected chi connectivity index (χ1v) is 7.54. The summed E-state index contributed by atoms with van der Waals surface area (Å²) in [5, 5.41) is 21.5. The maximum atomic E-state index is 12.0. The highest BCUT2D eigenvalue weighted by atomic mass is 16.7. The lowest BCUT2D eigenvalue weighted by molar-refractivity contribution is 0.0381. The SMILES string of the molecule is CC(C)(C)OC(=O)NCc1ccc(C(=O)On2c(O)ccc2O)cc1. The van der Waals surface area contributed by atoms with E-state index in [-0.39, 0.29) is 12.1 Å². The van der Waals surface area contributed by atoms with Crippen molar-refractivity contribution in [3.05, 3.63) is 47.5 Å². The number of alkyl carbamates (subject to hydrolysis) is 1. The normalized spacial score (nSPS) is 11.0. The van der Waals surface area contributed by atoms with Gasteiger partial charge < -0.3 is 25.1 Å². The Kier molecular flexibility index (Phi) is 5.21. The highest BCUT2D eigenvalue weighted by molar-refractivity contribution is 5.89. The first-order valence-electron chi connectivity index (χ1n) is 7.54. The molecule has 0 unspecified atom stereocenters. The smallest absolute Gasteiger partial charge is 0.407 e. The van der Waals surface area contributed by atoms with E-state index >= 15 is 0 Å². The van der Waals surface area contributed by atoms with Gasteiger partial charge in [0, 0.05) is 18.7 Å². The van der Waals surface area contributed by atoms with Gasteiger partial charge in [-0.05, 0) is 38.5 Å². The molecular formula is C17H20N2O6. The molecule has 0 aliphatic heterocycles. The molecule has 1 aromatic heterocycles. The van der Waals surface area contributed by atoms with Crippen molar-refractivity contribution in [2.24, 2.45) is 0 Å². The van der Waals surface area contributed by atoms with Gasteiger partial charge in [-0.3, -0.25) is 0 Å². The summed E-state index contributed by atoms with van der Waals surface area (Å²) in [5.74, 6) is -1.55. The van der Waals surface area contributed by atoms with Crippen LogP contribution in [0.15, 0.2) is 36.4 Å². The van der Waals surface area contributed by atoms with Crippen molar-refractivity contribution in [3.63, 3.8) is 0 Å². The van der Waals surface area contributed by atoms with Gasteiger partial charge in [0.25, 0.3) is 0 Å². The molecule has 1 aromatic carbocycles. The maximum Gasteiger partial charge on any atom is 0.407 e. The van der Waals surface area contributed by atoms with Crippen LogP contribution in [0.5, 0.6) is 11.8 Å². The summed E-state index contributed by atoms with van der Waals surface area (Å²) < 4.78 is 5.74. The molecule has 2 rings (SSSR count). The summed E-state index contributed by atoms with van der Waals surface area (Å²) in [5.41, 5.74) is 0.399. The molecule has 0 aliphatic rings. The minimum absolute atomic E-state index is 0.216. The van der Waals surface area contributed by atoms with Crippen LogP contribution < -0.4 is 10.2 Å². The topological polar surface area (TPSA) is 110 Å². The molecule has 1 heterocycles. The molecule has 0 atom stereocenters. The van der Waals surface area contributed by atoms with E-state index in [1.165, 1.54) is 24.3 Å². The average molecular weight is 348 g/mol. The van der Waals surface area contributed by atoms with Gasteiger partial charge in [0.05, 0.1) is 5.56 Å². The molecule has 0 saturated carbocycles. The predicted octanol–water partition coefficient (Wildman–Crippen LogP) is 2.19. The van der Waals surface area contributed by atoms with Crippen LogP contribution in [0, 0.1) is 0 Å². The molecule has 0 saturated heterocycles. The van der Waals surface area contributed by atoms with Gasteiger partial charge >= 0.3 is 12.1 Å². The molecule has 25 heavy (non-hydrogen) atoms. The quantitative estimate of drug-likeness (QED) is 0.781. The second kappa shape index (κ2) is 7.16. The molecule has 1 amide bonds. The summed E-state index contributed by atoms with van der Waals surface area (Å²) in [6.45, 7) is 5.55. The minimum atomic E-state index is -0.756. The van der Waals surface area contributed by atoms with Crippen molar-refractivity contribution in [2.75, 3.05) is 0 Å². The van der Waals surface area contributed by atoms with Crippen molar-refractivity contribution in [1.29, 1.82) is 0 Å².